The third-order valence-corrected chi connectivity index (χ3v) is 4.37. The first-order chi connectivity index (χ1) is 13.2. The molecular formula is C15H29NO11P-. The Balaban J connectivity index is 2.48. The summed E-state index contributed by atoms with van der Waals surface area (Å²) in [5, 5.41) is 31.7. The fraction of sp³-hybridized carbons (Fsp3) is 0.933. The fourth-order valence-electron chi connectivity index (χ4n) is 2.40. The highest BCUT2D eigenvalue weighted by Crippen LogP contribution is 2.37. The summed E-state index contributed by atoms with van der Waals surface area (Å²) in [7, 11) is -2.73. The van der Waals surface area contributed by atoms with Crippen LogP contribution in [0.1, 0.15) is 6.42 Å². The van der Waals surface area contributed by atoms with Crippen LogP contribution in [0.4, 0.5) is 0 Å². The molecule has 1 aliphatic heterocycles. The SMILES string of the molecule is COCCOCCOCCC(=O)NC1[C@@H](OP(C)(=O)[O-])OC(CO)[C@H](O)[C@@H]1O. The fourth-order valence-corrected chi connectivity index (χ4v) is 2.96. The van der Waals surface area contributed by atoms with Crippen molar-refractivity contribution in [3.63, 3.8) is 0 Å². The normalized spacial score (nSPS) is 30.0. The maximum atomic E-state index is 12.1. The maximum Gasteiger partial charge on any atom is 0.222 e. The van der Waals surface area contributed by atoms with Gasteiger partial charge in [-0.05, 0) is 0 Å². The minimum absolute atomic E-state index is 0.0598. The van der Waals surface area contributed by atoms with Gasteiger partial charge in [0.15, 0.2) is 6.29 Å². The highest BCUT2D eigenvalue weighted by atomic mass is 31.2. The summed E-state index contributed by atoms with van der Waals surface area (Å²) in [6.07, 6.45) is -6.10. The van der Waals surface area contributed by atoms with E-state index in [9.17, 15) is 29.6 Å². The molecule has 6 atom stereocenters. The largest absolute Gasteiger partial charge is 0.779 e. The Hall–Kier alpha value is -0.660. The van der Waals surface area contributed by atoms with Crippen LogP contribution in [0.2, 0.25) is 0 Å². The first kappa shape index (κ1) is 25.4. The Morgan fingerprint density at radius 1 is 1.14 bits per heavy atom. The number of methoxy groups -OCH3 is 1. The average Bonchev–Trinajstić information content (AvgIpc) is 2.62. The monoisotopic (exact) mass is 430 g/mol. The standard InChI is InChI=1S/C15H30NO11P/c1-23-5-6-25-8-7-24-4-3-11(18)16-12-14(20)13(19)10(9-17)26-15(12)27-28(2,21)22/h10,12-15,17,19-20H,3-9H2,1-2H3,(H,16,18)(H,21,22)/p-1/t10?,12?,13-,14+,15+/m0/s1. The molecule has 1 aliphatic rings. The number of nitrogens with one attached hydrogen (secondary N) is 1. The van der Waals surface area contributed by atoms with Crippen LogP contribution in [0.3, 0.4) is 0 Å². The molecule has 0 saturated carbocycles. The number of hydrogen-bond donors (Lipinski definition) is 4. The lowest BCUT2D eigenvalue weighted by Crippen LogP contribution is -2.64. The van der Waals surface area contributed by atoms with Gasteiger partial charge < -0.3 is 53.6 Å². The quantitative estimate of drug-likeness (QED) is 0.175. The van der Waals surface area contributed by atoms with E-state index in [4.69, 9.17) is 23.5 Å². The van der Waals surface area contributed by atoms with Gasteiger partial charge in [0, 0.05) is 20.2 Å². The van der Waals surface area contributed by atoms with Crippen molar-refractivity contribution < 1.29 is 53.0 Å². The number of amides is 1. The number of aliphatic hydroxyl groups excluding tert-OH is 3. The van der Waals surface area contributed by atoms with E-state index in [1.54, 1.807) is 7.11 Å². The number of ether oxygens (including phenoxy) is 4. The van der Waals surface area contributed by atoms with Gasteiger partial charge in [-0.25, -0.2) is 0 Å². The van der Waals surface area contributed by atoms with Crippen LogP contribution in [0.25, 0.3) is 0 Å². The van der Waals surface area contributed by atoms with Crippen molar-refractivity contribution in [3.05, 3.63) is 0 Å². The highest BCUT2D eigenvalue weighted by Gasteiger charge is 2.46. The van der Waals surface area contributed by atoms with Gasteiger partial charge in [0.2, 0.25) is 5.91 Å². The van der Waals surface area contributed by atoms with Crippen LogP contribution in [0, 0.1) is 0 Å². The summed E-state index contributed by atoms with van der Waals surface area (Å²) < 4.78 is 36.6. The molecule has 166 valence electrons. The number of aliphatic hydroxyl groups is 3. The van der Waals surface area contributed by atoms with Gasteiger partial charge in [0.1, 0.15) is 31.9 Å². The maximum absolute atomic E-state index is 12.1. The number of carbonyl (C=O) groups is 1. The van der Waals surface area contributed by atoms with E-state index in [0.717, 1.165) is 6.66 Å². The van der Waals surface area contributed by atoms with Crippen LogP contribution in [0.15, 0.2) is 0 Å². The van der Waals surface area contributed by atoms with E-state index in [1.807, 2.05) is 0 Å². The molecule has 0 aromatic rings. The summed E-state index contributed by atoms with van der Waals surface area (Å²) in [4.78, 5) is 23.5. The Kier molecular flexibility index (Phi) is 11.6. The Bertz CT molecular complexity index is 502. The average molecular weight is 430 g/mol. The van der Waals surface area contributed by atoms with Crippen molar-refractivity contribution >= 4 is 13.5 Å². The second kappa shape index (κ2) is 12.8. The summed E-state index contributed by atoms with van der Waals surface area (Å²) in [5.74, 6) is -0.576. The first-order valence-corrected chi connectivity index (χ1v) is 10.7. The third kappa shape index (κ3) is 9.23. The molecule has 0 aromatic carbocycles. The van der Waals surface area contributed by atoms with Crippen molar-refractivity contribution in [2.75, 3.05) is 53.4 Å². The second-order valence-electron chi connectivity index (χ2n) is 6.14. The van der Waals surface area contributed by atoms with Gasteiger partial charge in [0.25, 0.3) is 0 Å². The van der Waals surface area contributed by atoms with E-state index >= 15 is 0 Å². The predicted molar refractivity (Wildman–Crippen MR) is 92.4 cm³/mol. The molecule has 0 radical (unpaired) electrons. The van der Waals surface area contributed by atoms with Gasteiger partial charge >= 0.3 is 0 Å². The Morgan fingerprint density at radius 3 is 2.32 bits per heavy atom. The molecule has 13 heteroatoms. The minimum atomic E-state index is -4.29. The zero-order chi connectivity index (χ0) is 21.2. The smallest absolute Gasteiger partial charge is 0.222 e. The number of carbonyl (C=O) groups excluding carboxylic acids is 1. The molecule has 4 N–H and O–H groups in total. The molecule has 0 aromatic heterocycles. The Labute approximate surface area is 163 Å². The molecule has 1 amide bonds. The summed E-state index contributed by atoms with van der Waals surface area (Å²) in [6.45, 7) is 1.68. The summed E-state index contributed by atoms with van der Waals surface area (Å²) in [5.41, 5.74) is 0. The van der Waals surface area contributed by atoms with Crippen LogP contribution >= 0.6 is 7.60 Å². The third-order valence-electron chi connectivity index (χ3n) is 3.78. The van der Waals surface area contributed by atoms with E-state index in [1.165, 1.54) is 0 Å². The zero-order valence-electron chi connectivity index (χ0n) is 15.9. The van der Waals surface area contributed by atoms with E-state index in [2.05, 4.69) is 5.32 Å². The van der Waals surface area contributed by atoms with Crippen LogP contribution in [-0.4, -0.2) is 105 Å². The van der Waals surface area contributed by atoms with Crippen molar-refractivity contribution in [1.29, 1.82) is 0 Å². The van der Waals surface area contributed by atoms with E-state index < -0.39 is 50.8 Å². The Morgan fingerprint density at radius 2 is 1.75 bits per heavy atom. The lowest BCUT2D eigenvalue weighted by atomic mass is 9.97. The van der Waals surface area contributed by atoms with Crippen molar-refractivity contribution in [1.82, 2.24) is 5.32 Å². The van der Waals surface area contributed by atoms with Gasteiger partial charge in [0.05, 0.1) is 39.6 Å². The molecule has 0 bridgehead atoms. The summed E-state index contributed by atoms with van der Waals surface area (Å²) >= 11 is 0. The summed E-state index contributed by atoms with van der Waals surface area (Å²) in [6, 6.07) is -1.36. The molecule has 1 fully saturated rings. The van der Waals surface area contributed by atoms with Crippen LogP contribution in [0.5, 0.6) is 0 Å². The number of hydrogen-bond acceptors (Lipinski definition) is 11. The lowest BCUT2D eigenvalue weighted by molar-refractivity contribution is -0.269. The topological polar surface area (TPSA) is 176 Å². The molecule has 3 unspecified atom stereocenters. The van der Waals surface area contributed by atoms with E-state index in [-0.39, 0.29) is 19.6 Å². The van der Waals surface area contributed by atoms with Crippen molar-refractivity contribution in [3.8, 4) is 0 Å². The zero-order valence-corrected chi connectivity index (χ0v) is 16.8. The number of rotatable bonds is 13. The van der Waals surface area contributed by atoms with Gasteiger partial charge in [-0.15, -0.1) is 0 Å². The van der Waals surface area contributed by atoms with Gasteiger partial charge in [-0.2, -0.15) is 0 Å². The van der Waals surface area contributed by atoms with E-state index in [0.29, 0.717) is 19.8 Å². The first-order valence-electron chi connectivity index (χ1n) is 8.72. The predicted octanol–water partition coefficient (Wildman–Crippen LogP) is -2.82. The molecule has 1 heterocycles. The van der Waals surface area contributed by atoms with Crippen molar-refractivity contribution in [2.24, 2.45) is 0 Å². The molecule has 1 saturated heterocycles. The minimum Gasteiger partial charge on any atom is -0.779 e. The molecule has 1 rings (SSSR count). The van der Waals surface area contributed by atoms with Gasteiger partial charge in [-0.3, -0.25) is 4.79 Å². The van der Waals surface area contributed by atoms with Gasteiger partial charge in [-0.1, -0.05) is 0 Å². The van der Waals surface area contributed by atoms with Crippen molar-refractivity contribution in [2.45, 2.75) is 37.1 Å². The molecule has 0 aliphatic carbocycles. The molecule has 0 spiro atoms. The second-order valence-corrected chi connectivity index (χ2v) is 7.90. The van der Waals surface area contributed by atoms with Crippen LogP contribution < -0.4 is 10.2 Å². The molecular weight excluding hydrogens is 401 g/mol. The van der Waals surface area contributed by atoms with Crippen LogP contribution in [-0.2, 0) is 32.8 Å². The molecule has 12 nitrogen and oxygen atoms in total. The molecule has 28 heavy (non-hydrogen) atoms. The lowest BCUT2D eigenvalue weighted by Gasteiger charge is -2.43. The highest BCUT2D eigenvalue weighted by molar-refractivity contribution is 7.50.